The lowest BCUT2D eigenvalue weighted by Gasteiger charge is -2.13. The van der Waals surface area contributed by atoms with Gasteiger partial charge in [-0.25, -0.2) is 21.6 Å². The van der Waals surface area contributed by atoms with Gasteiger partial charge in [-0.15, -0.1) is 0 Å². The normalized spacial score (nSPS) is 15.9. The summed E-state index contributed by atoms with van der Waals surface area (Å²) in [5.41, 5.74) is 0.410. The van der Waals surface area contributed by atoms with Gasteiger partial charge in [0.05, 0.1) is 10.6 Å². The van der Waals surface area contributed by atoms with E-state index < -0.39 is 19.9 Å². The van der Waals surface area contributed by atoms with E-state index in [9.17, 15) is 16.8 Å². The average molecular weight is 332 g/mol. The fourth-order valence-electron chi connectivity index (χ4n) is 1.92. The van der Waals surface area contributed by atoms with E-state index in [-0.39, 0.29) is 9.79 Å². The summed E-state index contributed by atoms with van der Waals surface area (Å²) in [4.78, 5) is -0.0242. The molecule has 0 unspecified atom stereocenters. The Morgan fingerprint density at radius 3 is 2.38 bits per heavy atom. The number of rotatable bonds is 7. The third-order valence-corrected chi connectivity index (χ3v) is 5.87. The Labute approximate surface area is 125 Å². The zero-order chi connectivity index (χ0) is 15.7. The Morgan fingerprint density at radius 1 is 1.19 bits per heavy atom. The van der Waals surface area contributed by atoms with Gasteiger partial charge in [-0.3, -0.25) is 0 Å². The Morgan fingerprint density at radius 2 is 1.86 bits per heavy atom. The Hall–Kier alpha value is -1.12. The number of benzene rings is 1. The van der Waals surface area contributed by atoms with Gasteiger partial charge in [-0.1, -0.05) is 0 Å². The van der Waals surface area contributed by atoms with Crippen LogP contribution in [0.25, 0.3) is 0 Å². The van der Waals surface area contributed by atoms with Gasteiger partial charge >= 0.3 is 0 Å². The minimum atomic E-state index is -3.73. The highest BCUT2D eigenvalue weighted by Gasteiger charge is 2.26. The van der Waals surface area contributed by atoms with Gasteiger partial charge in [0.1, 0.15) is 4.90 Å². The van der Waals surface area contributed by atoms with E-state index in [2.05, 4.69) is 10.0 Å². The Bertz CT molecular complexity index is 723. The molecule has 8 heteroatoms. The van der Waals surface area contributed by atoms with Crippen molar-refractivity contribution < 1.29 is 16.8 Å². The van der Waals surface area contributed by atoms with Crippen LogP contribution in [0.5, 0.6) is 0 Å². The average Bonchev–Trinajstić information content (AvgIpc) is 3.20. The number of sulfonamides is 1. The highest BCUT2D eigenvalue weighted by molar-refractivity contribution is 7.91. The van der Waals surface area contributed by atoms with Crippen LogP contribution in [0.15, 0.2) is 28.0 Å². The van der Waals surface area contributed by atoms with Crippen molar-refractivity contribution in [2.75, 3.05) is 24.7 Å². The first kappa shape index (κ1) is 16.3. The van der Waals surface area contributed by atoms with E-state index >= 15 is 0 Å². The first-order valence-corrected chi connectivity index (χ1v) is 10.2. The minimum Gasteiger partial charge on any atom is -0.384 e. The smallest absolute Gasteiger partial charge is 0.242 e. The van der Waals surface area contributed by atoms with Gasteiger partial charge in [-0.2, -0.15) is 0 Å². The summed E-state index contributed by atoms with van der Waals surface area (Å²) in [6.45, 7) is 2.79. The van der Waals surface area contributed by atoms with Crippen LogP contribution in [0.3, 0.4) is 0 Å². The molecule has 1 aromatic rings. The quantitative estimate of drug-likeness (QED) is 0.783. The second-order valence-electron chi connectivity index (χ2n) is 5.26. The summed E-state index contributed by atoms with van der Waals surface area (Å²) in [5.74, 6) is 0.403. The summed E-state index contributed by atoms with van der Waals surface area (Å²) >= 11 is 0. The van der Waals surface area contributed by atoms with Crippen molar-refractivity contribution in [2.24, 2.45) is 5.92 Å². The predicted molar refractivity (Wildman–Crippen MR) is 81.6 cm³/mol. The largest absolute Gasteiger partial charge is 0.384 e. The number of hydrogen-bond acceptors (Lipinski definition) is 5. The summed E-state index contributed by atoms with van der Waals surface area (Å²) in [6, 6.07) is 4.11. The summed E-state index contributed by atoms with van der Waals surface area (Å²) in [6.07, 6.45) is 3.13. The maximum Gasteiger partial charge on any atom is 0.242 e. The molecule has 1 saturated carbocycles. The molecule has 2 N–H and O–H groups in total. The number of anilines is 1. The first-order valence-electron chi connectivity index (χ1n) is 6.81. The first-order chi connectivity index (χ1) is 9.74. The second kappa shape index (κ2) is 5.94. The van der Waals surface area contributed by atoms with Gasteiger partial charge in [0.15, 0.2) is 9.84 Å². The molecule has 0 aromatic heterocycles. The molecule has 1 aromatic carbocycles. The van der Waals surface area contributed by atoms with Crippen molar-refractivity contribution in [3.8, 4) is 0 Å². The van der Waals surface area contributed by atoms with Crippen LogP contribution >= 0.6 is 0 Å². The van der Waals surface area contributed by atoms with E-state index in [1.54, 1.807) is 0 Å². The lowest BCUT2D eigenvalue weighted by atomic mass is 10.3. The monoisotopic (exact) mass is 332 g/mol. The number of nitrogens with one attached hydrogen (secondary N) is 2. The molecule has 0 radical (unpaired) electrons. The van der Waals surface area contributed by atoms with E-state index in [4.69, 9.17) is 0 Å². The van der Waals surface area contributed by atoms with Crippen LogP contribution in [-0.4, -0.2) is 36.2 Å². The number of sulfone groups is 1. The van der Waals surface area contributed by atoms with E-state index in [1.165, 1.54) is 18.2 Å². The van der Waals surface area contributed by atoms with Crippen LogP contribution in [0.4, 0.5) is 5.69 Å². The van der Waals surface area contributed by atoms with Crippen LogP contribution in [0.2, 0.25) is 0 Å². The molecule has 0 bridgehead atoms. The van der Waals surface area contributed by atoms with E-state index in [0.29, 0.717) is 24.7 Å². The zero-order valence-corrected chi connectivity index (χ0v) is 13.7. The van der Waals surface area contributed by atoms with Crippen molar-refractivity contribution in [1.29, 1.82) is 0 Å². The molecule has 0 saturated heterocycles. The maximum absolute atomic E-state index is 12.4. The fourth-order valence-corrected chi connectivity index (χ4v) is 3.96. The van der Waals surface area contributed by atoms with Gasteiger partial charge in [0.25, 0.3) is 0 Å². The van der Waals surface area contributed by atoms with Crippen molar-refractivity contribution in [3.05, 3.63) is 18.2 Å². The molecular formula is C13H20N2O4S2. The highest BCUT2D eigenvalue weighted by atomic mass is 32.2. The lowest BCUT2D eigenvalue weighted by Crippen LogP contribution is -2.27. The van der Waals surface area contributed by atoms with Crippen LogP contribution in [0.1, 0.15) is 19.8 Å². The molecule has 0 amide bonds. The predicted octanol–water partition coefficient (Wildman–Crippen LogP) is 1.21. The van der Waals surface area contributed by atoms with Gasteiger partial charge in [0, 0.05) is 19.3 Å². The van der Waals surface area contributed by atoms with Crippen molar-refractivity contribution in [3.63, 3.8) is 0 Å². The Kier molecular flexibility index (Phi) is 4.60. The Balaban J connectivity index is 2.41. The highest BCUT2D eigenvalue weighted by Crippen LogP contribution is 2.29. The van der Waals surface area contributed by atoms with Gasteiger partial charge in [-0.05, 0) is 43.9 Å². The summed E-state index contributed by atoms with van der Waals surface area (Å²) in [7, 11) is -7.18. The molecule has 118 valence electrons. The van der Waals surface area contributed by atoms with Crippen molar-refractivity contribution in [2.45, 2.75) is 29.6 Å². The van der Waals surface area contributed by atoms with Gasteiger partial charge in [0.2, 0.25) is 10.0 Å². The molecule has 0 atom stereocenters. The lowest BCUT2D eigenvalue weighted by molar-refractivity contribution is 0.577. The number of hydrogen-bond donors (Lipinski definition) is 2. The molecule has 1 aliphatic carbocycles. The third kappa shape index (κ3) is 4.18. The van der Waals surface area contributed by atoms with Crippen LogP contribution in [0, 0.1) is 5.92 Å². The van der Waals surface area contributed by atoms with Crippen molar-refractivity contribution in [1.82, 2.24) is 4.72 Å². The topological polar surface area (TPSA) is 92.3 Å². The molecule has 0 heterocycles. The standard InChI is InChI=1S/C13H20N2O4S2/c1-3-14-12-7-6-11(20(2,16)17)8-13(12)21(18,19)15-9-10-4-5-10/h6-8,10,14-15H,3-5,9H2,1-2H3. The molecule has 1 aliphatic rings. The third-order valence-electron chi connectivity index (χ3n) is 3.30. The molecule has 2 rings (SSSR count). The maximum atomic E-state index is 12.4. The molecule has 0 aliphatic heterocycles. The van der Waals surface area contributed by atoms with E-state index in [1.807, 2.05) is 6.92 Å². The SMILES string of the molecule is CCNc1ccc(S(C)(=O)=O)cc1S(=O)(=O)NCC1CC1. The molecular weight excluding hydrogens is 312 g/mol. The van der Waals surface area contributed by atoms with Crippen molar-refractivity contribution >= 4 is 25.5 Å². The van der Waals surface area contributed by atoms with Crippen LogP contribution in [-0.2, 0) is 19.9 Å². The molecule has 6 nitrogen and oxygen atoms in total. The molecule has 1 fully saturated rings. The molecule has 0 spiro atoms. The van der Waals surface area contributed by atoms with E-state index in [0.717, 1.165) is 19.1 Å². The summed E-state index contributed by atoms with van der Waals surface area (Å²) in [5, 5.41) is 2.95. The minimum absolute atomic E-state index is 0.00375. The zero-order valence-electron chi connectivity index (χ0n) is 12.1. The second-order valence-corrected chi connectivity index (χ2v) is 9.01. The molecule has 21 heavy (non-hydrogen) atoms. The van der Waals surface area contributed by atoms with Crippen LogP contribution < -0.4 is 10.0 Å². The summed E-state index contributed by atoms with van der Waals surface area (Å²) < 4.78 is 50.6. The van der Waals surface area contributed by atoms with Gasteiger partial charge < -0.3 is 5.32 Å². The fraction of sp³-hybridized carbons (Fsp3) is 0.538.